The zero-order chi connectivity index (χ0) is 14.5. The van der Waals surface area contributed by atoms with Crippen molar-refractivity contribution in [2.45, 2.75) is 20.4 Å². The summed E-state index contributed by atoms with van der Waals surface area (Å²) in [6.07, 6.45) is 0. The van der Waals surface area contributed by atoms with Crippen molar-refractivity contribution in [1.82, 2.24) is 5.06 Å². The van der Waals surface area contributed by atoms with Gasteiger partial charge < -0.3 is 14.3 Å². The van der Waals surface area contributed by atoms with Crippen LogP contribution in [0.25, 0.3) is 0 Å². The minimum Gasteiger partial charge on any atom is -0.454 e. The summed E-state index contributed by atoms with van der Waals surface area (Å²) in [5.74, 6) is 0.154. The number of hydrogen-bond acceptors (Lipinski definition) is 5. The molecule has 1 amide bonds. The molecule has 1 fully saturated rings. The zero-order valence-corrected chi connectivity index (χ0v) is 11.7. The molecule has 0 saturated carbocycles. The van der Waals surface area contributed by atoms with Gasteiger partial charge in [-0.2, -0.15) is 5.06 Å². The lowest BCUT2D eigenvalue weighted by Crippen LogP contribution is -2.31. The molecule has 1 aromatic rings. The molecule has 0 aromatic heterocycles. The maximum atomic E-state index is 12.1. The van der Waals surface area contributed by atoms with Crippen LogP contribution in [0.5, 0.6) is 11.5 Å². The third-order valence-electron chi connectivity index (χ3n) is 3.32. The van der Waals surface area contributed by atoms with E-state index in [0.717, 1.165) is 5.06 Å². The van der Waals surface area contributed by atoms with Crippen molar-refractivity contribution in [3.05, 3.63) is 22.7 Å². The SMILES string of the molecule is CC1(C)C(=O)ON(Cc2cc3c(cc2Cl)OCO3)C1=O. The third kappa shape index (κ3) is 1.87. The van der Waals surface area contributed by atoms with Crippen LogP contribution in [-0.4, -0.2) is 23.7 Å². The minimum absolute atomic E-state index is 0.0729. The number of carbonyl (C=O) groups is 2. The number of hydrogen-bond donors (Lipinski definition) is 0. The number of halogens is 1. The van der Waals surface area contributed by atoms with E-state index >= 15 is 0 Å². The monoisotopic (exact) mass is 297 g/mol. The van der Waals surface area contributed by atoms with Crippen LogP contribution in [0, 0.1) is 5.41 Å². The predicted octanol–water partition coefficient (Wildman–Crippen LogP) is 1.90. The first kappa shape index (κ1) is 13.1. The summed E-state index contributed by atoms with van der Waals surface area (Å²) in [4.78, 5) is 28.7. The first-order valence-corrected chi connectivity index (χ1v) is 6.40. The number of amides is 1. The van der Waals surface area contributed by atoms with Crippen LogP contribution >= 0.6 is 11.6 Å². The van der Waals surface area contributed by atoms with E-state index in [0.29, 0.717) is 22.1 Å². The van der Waals surface area contributed by atoms with Crippen molar-refractivity contribution < 1.29 is 23.9 Å². The molecule has 1 aromatic carbocycles. The zero-order valence-electron chi connectivity index (χ0n) is 10.9. The summed E-state index contributed by atoms with van der Waals surface area (Å²) in [6, 6.07) is 3.30. The van der Waals surface area contributed by atoms with E-state index in [2.05, 4.69) is 0 Å². The molecule has 1 saturated heterocycles. The van der Waals surface area contributed by atoms with Crippen LogP contribution in [0.15, 0.2) is 12.1 Å². The summed E-state index contributed by atoms with van der Waals surface area (Å²) in [7, 11) is 0. The number of hydroxylamine groups is 2. The van der Waals surface area contributed by atoms with Crippen molar-refractivity contribution in [3.8, 4) is 11.5 Å². The van der Waals surface area contributed by atoms with Gasteiger partial charge in [-0.25, -0.2) is 4.79 Å². The molecule has 2 aliphatic heterocycles. The lowest BCUT2D eigenvalue weighted by molar-refractivity contribution is -0.180. The summed E-state index contributed by atoms with van der Waals surface area (Å²) in [6.45, 7) is 3.26. The number of fused-ring (bicyclic) bond motifs is 1. The molecule has 2 aliphatic rings. The fourth-order valence-electron chi connectivity index (χ4n) is 1.99. The summed E-state index contributed by atoms with van der Waals surface area (Å²) in [5.41, 5.74) is -0.544. The standard InChI is InChI=1S/C13H12ClNO5/c1-13(2)11(16)15(20-12(13)17)5-7-3-9-10(4-8(7)14)19-6-18-9/h3-4H,5-6H2,1-2H3. The van der Waals surface area contributed by atoms with Crippen molar-refractivity contribution >= 4 is 23.5 Å². The molecule has 0 aliphatic carbocycles. The summed E-state index contributed by atoms with van der Waals surface area (Å²) < 4.78 is 10.5. The van der Waals surface area contributed by atoms with Gasteiger partial charge >= 0.3 is 5.97 Å². The van der Waals surface area contributed by atoms with Gasteiger partial charge in [0.1, 0.15) is 5.41 Å². The Hall–Kier alpha value is -1.95. The first-order valence-electron chi connectivity index (χ1n) is 6.02. The minimum atomic E-state index is -1.16. The van der Waals surface area contributed by atoms with Gasteiger partial charge in [-0.15, -0.1) is 0 Å². The van der Waals surface area contributed by atoms with E-state index in [1.54, 1.807) is 12.1 Å². The van der Waals surface area contributed by atoms with Crippen LogP contribution < -0.4 is 9.47 Å². The Balaban J connectivity index is 1.86. The third-order valence-corrected chi connectivity index (χ3v) is 3.67. The smallest absolute Gasteiger partial charge is 0.347 e. The number of carbonyl (C=O) groups excluding carboxylic acids is 2. The highest BCUT2D eigenvalue weighted by atomic mass is 35.5. The van der Waals surface area contributed by atoms with E-state index in [-0.39, 0.29) is 13.3 Å². The van der Waals surface area contributed by atoms with Crippen LogP contribution in [0.3, 0.4) is 0 Å². The van der Waals surface area contributed by atoms with Crippen LogP contribution in [0.1, 0.15) is 19.4 Å². The van der Waals surface area contributed by atoms with Crippen LogP contribution in [-0.2, 0) is 21.0 Å². The number of nitrogens with zero attached hydrogens (tertiary/aromatic N) is 1. The topological polar surface area (TPSA) is 65.1 Å². The lowest BCUT2D eigenvalue weighted by Gasteiger charge is -2.15. The summed E-state index contributed by atoms with van der Waals surface area (Å²) >= 11 is 6.13. The first-order chi connectivity index (χ1) is 9.39. The molecule has 0 unspecified atom stereocenters. The Bertz CT molecular complexity index is 613. The molecule has 7 heteroatoms. The highest BCUT2D eigenvalue weighted by Gasteiger charge is 2.49. The van der Waals surface area contributed by atoms with Gasteiger partial charge in [0, 0.05) is 11.1 Å². The molecule has 3 rings (SSSR count). The Labute approximate surface area is 120 Å². The second-order valence-corrected chi connectivity index (χ2v) is 5.55. The van der Waals surface area contributed by atoms with Crippen molar-refractivity contribution in [1.29, 1.82) is 0 Å². The molecule has 0 radical (unpaired) electrons. The van der Waals surface area contributed by atoms with Crippen molar-refractivity contribution in [2.75, 3.05) is 6.79 Å². The maximum Gasteiger partial charge on any atom is 0.347 e. The van der Waals surface area contributed by atoms with Gasteiger partial charge in [-0.1, -0.05) is 11.6 Å². The molecule has 0 N–H and O–H groups in total. The fourth-order valence-corrected chi connectivity index (χ4v) is 2.21. The predicted molar refractivity (Wildman–Crippen MR) is 68.0 cm³/mol. The molecule has 0 bridgehead atoms. The Kier molecular flexibility index (Phi) is 2.79. The average molecular weight is 298 g/mol. The second kappa shape index (κ2) is 4.28. The quantitative estimate of drug-likeness (QED) is 0.780. The molecular formula is C13H12ClNO5. The van der Waals surface area contributed by atoms with E-state index < -0.39 is 17.3 Å². The largest absolute Gasteiger partial charge is 0.454 e. The van der Waals surface area contributed by atoms with Crippen LogP contribution in [0.2, 0.25) is 5.02 Å². The van der Waals surface area contributed by atoms with Gasteiger partial charge in [0.05, 0.1) is 6.54 Å². The van der Waals surface area contributed by atoms with E-state index in [1.807, 2.05) is 0 Å². The highest BCUT2D eigenvalue weighted by Crippen LogP contribution is 2.38. The van der Waals surface area contributed by atoms with E-state index in [1.165, 1.54) is 13.8 Å². The molecule has 2 heterocycles. The molecule has 0 atom stereocenters. The fraction of sp³-hybridized carbons (Fsp3) is 0.385. The molecule has 106 valence electrons. The Morgan fingerprint density at radius 2 is 1.90 bits per heavy atom. The highest BCUT2D eigenvalue weighted by molar-refractivity contribution is 6.31. The van der Waals surface area contributed by atoms with Gasteiger partial charge in [-0.3, -0.25) is 4.79 Å². The van der Waals surface area contributed by atoms with Crippen LogP contribution in [0.4, 0.5) is 0 Å². The van der Waals surface area contributed by atoms with Gasteiger partial charge in [-0.05, 0) is 25.5 Å². The summed E-state index contributed by atoms with van der Waals surface area (Å²) in [5, 5.41) is 1.44. The van der Waals surface area contributed by atoms with Crippen molar-refractivity contribution in [2.24, 2.45) is 5.41 Å². The van der Waals surface area contributed by atoms with E-state index in [9.17, 15) is 9.59 Å². The molecular weight excluding hydrogens is 286 g/mol. The number of benzene rings is 1. The Morgan fingerprint density at radius 3 is 2.50 bits per heavy atom. The van der Waals surface area contributed by atoms with E-state index in [4.69, 9.17) is 25.9 Å². The molecule has 0 spiro atoms. The second-order valence-electron chi connectivity index (χ2n) is 5.14. The Morgan fingerprint density at radius 1 is 1.25 bits per heavy atom. The number of ether oxygens (including phenoxy) is 2. The lowest BCUT2D eigenvalue weighted by atomic mass is 9.94. The maximum absolute atomic E-state index is 12.1. The van der Waals surface area contributed by atoms with Gasteiger partial charge in [0.2, 0.25) is 6.79 Å². The molecule has 20 heavy (non-hydrogen) atoms. The van der Waals surface area contributed by atoms with Crippen molar-refractivity contribution in [3.63, 3.8) is 0 Å². The molecule has 6 nitrogen and oxygen atoms in total. The number of rotatable bonds is 2. The average Bonchev–Trinajstić information content (AvgIpc) is 2.90. The normalized spacial score (nSPS) is 19.4. The van der Waals surface area contributed by atoms with Gasteiger partial charge in [0.15, 0.2) is 11.5 Å². The van der Waals surface area contributed by atoms with Gasteiger partial charge in [0.25, 0.3) is 5.91 Å².